The largest absolute Gasteiger partial charge is 0.508 e. The summed E-state index contributed by atoms with van der Waals surface area (Å²) in [5.74, 6) is 2.00. The second-order valence-electron chi connectivity index (χ2n) is 8.19. The Morgan fingerprint density at radius 2 is 1.94 bits per heavy atom. The number of hydrogen-bond acceptors (Lipinski definition) is 6. The minimum Gasteiger partial charge on any atom is -0.508 e. The van der Waals surface area contributed by atoms with E-state index in [2.05, 4.69) is 22.0 Å². The number of hydrogen-bond donors (Lipinski definition) is 2. The molecule has 2 heterocycles. The van der Waals surface area contributed by atoms with Crippen molar-refractivity contribution in [3.05, 3.63) is 47.5 Å². The third-order valence-corrected chi connectivity index (χ3v) is 5.81. The van der Waals surface area contributed by atoms with Crippen LogP contribution in [0.5, 0.6) is 17.2 Å². The molecule has 0 aliphatic carbocycles. The monoisotopic (exact) mass is 425 g/mol. The summed E-state index contributed by atoms with van der Waals surface area (Å²) in [7, 11) is 0. The summed E-state index contributed by atoms with van der Waals surface area (Å²) in [6.45, 7) is 8.77. The highest BCUT2D eigenvalue weighted by atomic mass is 16.5. The predicted molar refractivity (Wildman–Crippen MR) is 120 cm³/mol. The van der Waals surface area contributed by atoms with Gasteiger partial charge in [0.15, 0.2) is 0 Å². The molecule has 1 amide bonds. The number of nitrogens with one attached hydrogen (secondary N) is 1. The van der Waals surface area contributed by atoms with Crippen molar-refractivity contribution in [2.75, 3.05) is 44.2 Å². The van der Waals surface area contributed by atoms with Crippen LogP contribution in [0.25, 0.3) is 0 Å². The number of carbonyl (C=O) groups is 1. The molecule has 7 heteroatoms. The molecule has 166 valence electrons. The summed E-state index contributed by atoms with van der Waals surface area (Å²) < 4.78 is 11.7. The van der Waals surface area contributed by atoms with Crippen LogP contribution < -0.4 is 19.7 Å². The van der Waals surface area contributed by atoms with Crippen LogP contribution in [0.15, 0.2) is 36.4 Å². The first-order valence-corrected chi connectivity index (χ1v) is 11.0. The van der Waals surface area contributed by atoms with E-state index in [0.29, 0.717) is 19.7 Å². The van der Waals surface area contributed by atoms with Gasteiger partial charge in [0.1, 0.15) is 23.4 Å². The molecule has 7 nitrogen and oxygen atoms in total. The van der Waals surface area contributed by atoms with Gasteiger partial charge < -0.3 is 24.8 Å². The number of amides is 1. The van der Waals surface area contributed by atoms with E-state index in [9.17, 15) is 9.90 Å². The lowest BCUT2D eigenvalue weighted by Gasteiger charge is -2.35. The molecule has 2 aromatic carbocycles. The smallest absolute Gasteiger partial charge is 0.234 e. The third kappa shape index (κ3) is 5.22. The highest BCUT2D eigenvalue weighted by molar-refractivity contribution is 5.78. The van der Waals surface area contributed by atoms with Crippen LogP contribution in [0.2, 0.25) is 0 Å². The lowest BCUT2D eigenvalue weighted by Crippen LogP contribution is -2.49. The van der Waals surface area contributed by atoms with Gasteiger partial charge in [0.25, 0.3) is 0 Å². The molecule has 2 aliphatic rings. The Hall–Kier alpha value is -2.93. The maximum Gasteiger partial charge on any atom is 0.234 e. The Morgan fingerprint density at radius 1 is 1.19 bits per heavy atom. The molecular formula is C24H31N3O4. The van der Waals surface area contributed by atoms with Crippen molar-refractivity contribution < 1.29 is 19.4 Å². The topological polar surface area (TPSA) is 74.3 Å². The summed E-state index contributed by atoms with van der Waals surface area (Å²) in [5.41, 5.74) is 3.20. The van der Waals surface area contributed by atoms with Gasteiger partial charge in [-0.3, -0.25) is 9.69 Å². The molecular weight excluding hydrogens is 394 g/mol. The first-order chi connectivity index (χ1) is 15.0. The van der Waals surface area contributed by atoms with Gasteiger partial charge in [0.05, 0.1) is 13.2 Å². The minimum absolute atomic E-state index is 0.00955. The average molecular weight is 426 g/mol. The maximum atomic E-state index is 12.6. The minimum atomic E-state index is 0.00955. The maximum absolute atomic E-state index is 12.6. The fraction of sp³-hybridized carbons (Fsp3) is 0.458. The molecule has 1 atom stereocenters. The van der Waals surface area contributed by atoms with Crippen LogP contribution in [0.3, 0.4) is 0 Å². The zero-order valence-electron chi connectivity index (χ0n) is 18.3. The van der Waals surface area contributed by atoms with Gasteiger partial charge in [-0.25, -0.2) is 0 Å². The van der Waals surface area contributed by atoms with E-state index < -0.39 is 0 Å². The number of anilines is 1. The van der Waals surface area contributed by atoms with Crippen molar-refractivity contribution in [2.45, 2.75) is 32.9 Å². The second-order valence-corrected chi connectivity index (χ2v) is 8.19. The Kier molecular flexibility index (Phi) is 6.51. The Balaban J connectivity index is 1.28. The number of carbonyl (C=O) groups excluding carboxylic acids is 1. The fourth-order valence-corrected chi connectivity index (χ4v) is 4.19. The van der Waals surface area contributed by atoms with Crippen molar-refractivity contribution in [3.63, 3.8) is 0 Å². The van der Waals surface area contributed by atoms with Gasteiger partial charge in [-0.1, -0.05) is 0 Å². The van der Waals surface area contributed by atoms with Crippen molar-refractivity contribution in [3.8, 4) is 17.2 Å². The van der Waals surface area contributed by atoms with Crippen LogP contribution in [-0.2, 0) is 17.8 Å². The van der Waals surface area contributed by atoms with E-state index in [0.717, 1.165) is 60.9 Å². The zero-order chi connectivity index (χ0) is 21.8. The Labute approximate surface area is 183 Å². The molecule has 0 aromatic heterocycles. The summed E-state index contributed by atoms with van der Waals surface area (Å²) >= 11 is 0. The highest BCUT2D eigenvalue weighted by Gasteiger charge is 2.23. The molecule has 0 saturated carbocycles. The van der Waals surface area contributed by atoms with Crippen LogP contribution in [0.4, 0.5) is 5.69 Å². The molecule has 1 saturated heterocycles. The van der Waals surface area contributed by atoms with Crippen LogP contribution in [0.1, 0.15) is 25.0 Å². The summed E-state index contributed by atoms with van der Waals surface area (Å²) in [5, 5.41) is 12.5. The lowest BCUT2D eigenvalue weighted by atomic mass is 10.1. The number of nitrogens with zero attached hydrogens (tertiary/aromatic N) is 2. The fourth-order valence-electron chi connectivity index (χ4n) is 4.19. The molecule has 2 N–H and O–H groups in total. The molecule has 0 unspecified atom stereocenters. The highest BCUT2D eigenvalue weighted by Crippen LogP contribution is 2.35. The number of benzene rings is 2. The van der Waals surface area contributed by atoms with E-state index >= 15 is 0 Å². The zero-order valence-corrected chi connectivity index (χ0v) is 18.3. The number of aromatic hydroxyl groups is 1. The molecule has 31 heavy (non-hydrogen) atoms. The molecule has 4 rings (SSSR count). The second kappa shape index (κ2) is 9.47. The van der Waals surface area contributed by atoms with Gasteiger partial charge in [-0.15, -0.1) is 0 Å². The van der Waals surface area contributed by atoms with E-state index in [1.807, 2.05) is 31.2 Å². The normalized spacial score (nSPS) is 18.4. The van der Waals surface area contributed by atoms with E-state index in [-0.39, 0.29) is 17.8 Å². The SMILES string of the molecule is CCOc1cc2c(cc1CNC(=O)CN1CCN(c3ccc(O)cc3)CC1)O[C@@H](C)C2. The number of phenols is 1. The van der Waals surface area contributed by atoms with Gasteiger partial charge in [0.2, 0.25) is 5.91 Å². The third-order valence-electron chi connectivity index (χ3n) is 5.81. The van der Waals surface area contributed by atoms with Crippen molar-refractivity contribution in [1.82, 2.24) is 10.2 Å². The van der Waals surface area contributed by atoms with Gasteiger partial charge >= 0.3 is 0 Å². The predicted octanol–water partition coefficient (Wildman–Crippen LogP) is 2.55. The van der Waals surface area contributed by atoms with Crippen LogP contribution in [-0.4, -0.2) is 61.3 Å². The number of ether oxygens (including phenoxy) is 2. The molecule has 2 aromatic rings. The molecule has 2 aliphatic heterocycles. The molecule has 0 bridgehead atoms. The Morgan fingerprint density at radius 3 is 2.65 bits per heavy atom. The van der Waals surface area contributed by atoms with Crippen LogP contribution in [0, 0.1) is 0 Å². The number of phenolic OH excluding ortho intramolecular Hbond substituents is 1. The number of rotatable bonds is 7. The number of fused-ring (bicyclic) bond motifs is 1. The molecule has 0 radical (unpaired) electrons. The van der Waals surface area contributed by atoms with E-state index in [4.69, 9.17) is 9.47 Å². The standard InChI is InChI=1S/C24H31N3O4/c1-3-30-22-13-18-12-17(2)31-23(18)14-19(22)15-25-24(29)16-26-8-10-27(11-9-26)20-4-6-21(28)7-5-20/h4-7,13-14,17,28H,3,8-12,15-16H2,1-2H3,(H,25,29)/t17-/m0/s1. The summed E-state index contributed by atoms with van der Waals surface area (Å²) in [6, 6.07) is 11.3. The van der Waals surface area contributed by atoms with Crippen molar-refractivity contribution in [2.24, 2.45) is 0 Å². The first kappa shape index (κ1) is 21.3. The van der Waals surface area contributed by atoms with Crippen LogP contribution >= 0.6 is 0 Å². The van der Waals surface area contributed by atoms with E-state index in [1.54, 1.807) is 12.1 Å². The average Bonchev–Trinajstić information content (AvgIpc) is 3.12. The summed E-state index contributed by atoms with van der Waals surface area (Å²) in [6.07, 6.45) is 1.06. The van der Waals surface area contributed by atoms with Gasteiger partial charge in [0, 0.05) is 56.0 Å². The van der Waals surface area contributed by atoms with Gasteiger partial charge in [-0.2, -0.15) is 0 Å². The van der Waals surface area contributed by atoms with Crippen molar-refractivity contribution >= 4 is 11.6 Å². The molecule has 1 fully saturated rings. The Bertz CT molecular complexity index is 908. The number of piperazine rings is 1. The first-order valence-electron chi connectivity index (χ1n) is 11.0. The summed E-state index contributed by atoms with van der Waals surface area (Å²) in [4.78, 5) is 17.0. The quantitative estimate of drug-likeness (QED) is 0.710. The molecule has 0 spiro atoms. The van der Waals surface area contributed by atoms with Crippen molar-refractivity contribution in [1.29, 1.82) is 0 Å². The van der Waals surface area contributed by atoms with E-state index in [1.165, 1.54) is 0 Å². The lowest BCUT2D eigenvalue weighted by molar-refractivity contribution is -0.122. The van der Waals surface area contributed by atoms with Gasteiger partial charge in [-0.05, 0) is 50.2 Å².